The fourth-order valence-corrected chi connectivity index (χ4v) is 1.11. The predicted octanol–water partition coefficient (Wildman–Crippen LogP) is 0.976. The van der Waals surface area contributed by atoms with E-state index in [4.69, 9.17) is 11.0 Å². The Balaban J connectivity index is 2.77. The Morgan fingerprint density at radius 2 is 2.15 bits per heavy atom. The zero-order valence-corrected chi connectivity index (χ0v) is 7.16. The fourth-order valence-electron chi connectivity index (χ4n) is 1.11. The third-order valence-corrected chi connectivity index (χ3v) is 1.78. The molecule has 0 aromatic heterocycles. The second-order valence-electron chi connectivity index (χ2n) is 2.74. The van der Waals surface area contributed by atoms with Crippen LogP contribution < -0.4 is 5.73 Å². The van der Waals surface area contributed by atoms with Crippen molar-refractivity contribution < 1.29 is 4.79 Å². The zero-order chi connectivity index (χ0) is 9.68. The highest BCUT2D eigenvalue weighted by atomic mass is 16.1. The van der Waals surface area contributed by atoms with Crippen LogP contribution in [0, 0.1) is 11.3 Å². The number of hydrogen-bond acceptors (Lipinski definition) is 2. The van der Waals surface area contributed by atoms with E-state index in [9.17, 15) is 4.79 Å². The van der Waals surface area contributed by atoms with E-state index < -0.39 is 0 Å². The molecule has 0 bridgehead atoms. The molecule has 0 fully saturated rings. The monoisotopic (exact) mass is 174 g/mol. The van der Waals surface area contributed by atoms with Crippen molar-refractivity contribution >= 4 is 5.91 Å². The lowest BCUT2D eigenvalue weighted by atomic mass is 10.0. The summed E-state index contributed by atoms with van der Waals surface area (Å²) < 4.78 is 0. The Morgan fingerprint density at radius 1 is 1.46 bits per heavy atom. The van der Waals surface area contributed by atoms with Crippen LogP contribution in [0.25, 0.3) is 0 Å². The number of nitrogens with two attached hydrogens (primary N) is 1. The summed E-state index contributed by atoms with van der Waals surface area (Å²) in [4.78, 5) is 10.5. The minimum Gasteiger partial charge on any atom is -0.370 e. The number of carbonyl (C=O) groups is 1. The molecule has 1 aromatic rings. The second-order valence-corrected chi connectivity index (χ2v) is 2.74. The smallest absolute Gasteiger partial charge is 0.217 e. The molecule has 1 rings (SSSR count). The first-order valence-corrected chi connectivity index (χ1v) is 4.00. The summed E-state index contributed by atoms with van der Waals surface area (Å²) in [6.07, 6.45) is 0.831. The first-order valence-electron chi connectivity index (χ1n) is 4.00. The summed E-state index contributed by atoms with van der Waals surface area (Å²) in [6, 6.07) is 9.28. The average Bonchev–Trinajstić information content (AvgIpc) is 2.15. The molecule has 0 atom stereocenters. The van der Waals surface area contributed by atoms with Crippen LogP contribution in [0.3, 0.4) is 0 Å². The topological polar surface area (TPSA) is 66.9 Å². The Labute approximate surface area is 76.8 Å². The van der Waals surface area contributed by atoms with Crippen molar-refractivity contribution in [2.24, 2.45) is 5.73 Å². The van der Waals surface area contributed by atoms with Gasteiger partial charge in [0.15, 0.2) is 0 Å². The fraction of sp³-hybridized carbons (Fsp3) is 0.200. The van der Waals surface area contributed by atoms with Gasteiger partial charge >= 0.3 is 0 Å². The Bertz CT molecular complexity index is 352. The van der Waals surface area contributed by atoms with E-state index in [0.29, 0.717) is 18.4 Å². The van der Waals surface area contributed by atoms with Gasteiger partial charge in [-0.1, -0.05) is 18.2 Å². The molecule has 0 aliphatic carbocycles. The highest BCUT2D eigenvalue weighted by Crippen LogP contribution is 2.09. The molecule has 66 valence electrons. The molecule has 1 aromatic carbocycles. The lowest BCUT2D eigenvalue weighted by Gasteiger charge is -2.00. The van der Waals surface area contributed by atoms with E-state index in [-0.39, 0.29) is 5.91 Å². The molecule has 0 unspecified atom stereocenters. The Hall–Kier alpha value is -1.82. The molecule has 13 heavy (non-hydrogen) atoms. The van der Waals surface area contributed by atoms with Crippen molar-refractivity contribution in [1.29, 1.82) is 5.26 Å². The SMILES string of the molecule is N#Cc1ccccc1CCC(N)=O. The van der Waals surface area contributed by atoms with Crippen molar-refractivity contribution in [1.82, 2.24) is 0 Å². The second kappa shape index (κ2) is 4.27. The molecule has 0 aliphatic heterocycles. The van der Waals surface area contributed by atoms with Crippen LogP contribution in [0.2, 0.25) is 0 Å². The largest absolute Gasteiger partial charge is 0.370 e. The molecule has 1 amide bonds. The van der Waals surface area contributed by atoms with Crippen molar-refractivity contribution in [3.63, 3.8) is 0 Å². The first kappa shape index (κ1) is 9.27. The number of nitriles is 1. The minimum atomic E-state index is -0.340. The van der Waals surface area contributed by atoms with Gasteiger partial charge in [-0.15, -0.1) is 0 Å². The van der Waals surface area contributed by atoms with E-state index >= 15 is 0 Å². The maximum Gasteiger partial charge on any atom is 0.217 e. The molecule has 3 nitrogen and oxygen atoms in total. The van der Waals surface area contributed by atoms with Gasteiger partial charge in [-0.05, 0) is 18.1 Å². The van der Waals surface area contributed by atoms with Gasteiger partial charge in [0.2, 0.25) is 5.91 Å². The molecule has 0 radical (unpaired) electrons. The Kier molecular flexibility index (Phi) is 3.04. The molecular formula is C10H10N2O. The lowest BCUT2D eigenvalue weighted by Crippen LogP contribution is -2.11. The molecule has 0 saturated carbocycles. The minimum absolute atomic E-state index is 0.290. The number of amides is 1. The normalized spacial score (nSPS) is 9.15. The lowest BCUT2D eigenvalue weighted by molar-refractivity contribution is -0.117. The third-order valence-electron chi connectivity index (χ3n) is 1.78. The third kappa shape index (κ3) is 2.60. The van der Waals surface area contributed by atoms with Gasteiger partial charge in [0, 0.05) is 6.42 Å². The summed E-state index contributed by atoms with van der Waals surface area (Å²) >= 11 is 0. The van der Waals surface area contributed by atoms with Crippen molar-refractivity contribution in [3.05, 3.63) is 35.4 Å². The van der Waals surface area contributed by atoms with Crippen LogP contribution in [0.15, 0.2) is 24.3 Å². The highest BCUT2D eigenvalue weighted by Gasteiger charge is 2.01. The van der Waals surface area contributed by atoms with Gasteiger partial charge < -0.3 is 5.73 Å². The van der Waals surface area contributed by atoms with Crippen LogP contribution in [-0.4, -0.2) is 5.91 Å². The molecule has 0 spiro atoms. The molecular weight excluding hydrogens is 164 g/mol. The van der Waals surface area contributed by atoms with Crippen molar-refractivity contribution in [2.75, 3.05) is 0 Å². The Morgan fingerprint density at radius 3 is 2.77 bits per heavy atom. The van der Waals surface area contributed by atoms with E-state index in [1.807, 2.05) is 12.1 Å². The van der Waals surface area contributed by atoms with Crippen LogP contribution in [-0.2, 0) is 11.2 Å². The number of carbonyl (C=O) groups excluding carboxylic acids is 1. The summed E-state index contributed by atoms with van der Waals surface area (Å²) in [7, 11) is 0. The first-order chi connectivity index (χ1) is 6.24. The summed E-state index contributed by atoms with van der Waals surface area (Å²) in [5, 5.41) is 8.72. The number of nitrogens with zero attached hydrogens (tertiary/aromatic N) is 1. The van der Waals surface area contributed by atoms with Crippen molar-refractivity contribution in [3.8, 4) is 6.07 Å². The van der Waals surface area contributed by atoms with E-state index in [2.05, 4.69) is 6.07 Å². The van der Waals surface area contributed by atoms with Gasteiger partial charge in [0.05, 0.1) is 11.6 Å². The standard InChI is InChI=1S/C10H10N2O/c11-7-9-4-2-1-3-8(9)5-6-10(12)13/h1-4H,5-6H2,(H2,12,13). The number of primary amides is 1. The molecule has 0 aliphatic rings. The molecule has 0 saturated heterocycles. The van der Waals surface area contributed by atoms with Crippen LogP contribution >= 0.6 is 0 Å². The van der Waals surface area contributed by atoms with Crippen LogP contribution in [0.1, 0.15) is 17.5 Å². The number of aryl methyl sites for hydroxylation is 1. The number of benzene rings is 1. The average molecular weight is 174 g/mol. The molecule has 0 heterocycles. The van der Waals surface area contributed by atoms with Gasteiger partial charge in [0.25, 0.3) is 0 Å². The van der Waals surface area contributed by atoms with E-state index in [0.717, 1.165) is 5.56 Å². The predicted molar refractivity (Wildman–Crippen MR) is 48.7 cm³/mol. The molecule has 3 heteroatoms. The maximum atomic E-state index is 10.5. The van der Waals surface area contributed by atoms with Crippen LogP contribution in [0.5, 0.6) is 0 Å². The summed E-state index contributed by atoms with van der Waals surface area (Å²) in [6.45, 7) is 0. The van der Waals surface area contributed by atoms with E-state index in [1.54, 1.807) is 12.1 Å². The highest BCUT2D eigenvalue weighted by molar-refractivity contribution is 5.74. The van der Waals surface area contributed by atoms with E-state index in [1.165, 1.54) is 0 Å². The van der Waals surface area contributed by atoms with Gasteiger partial charge in [0.1, 0.15) is 0 Å². The maximum absolute atomic E-state index is 10.5. The molecule has 2 N–H and O–H groups in total. The van der Waals surface area contributed by atoms with Crippen LogP contribution in [0.4, 0.5) is 0 Å². The van der Waals surface area contributed by atoms with Gasteiger partial charge in [-0.2, -0.15) is 5.26 Å². The number of hydrogen-bond donors (Lipinski definition) is 1. The zero-order valence-electron chi connectivity index (χ0n) is 7.16. The summed E-state index contributed by atoms with van der Waals surface area (Å²) in [5.74, 6) is -0.340. The number of rotatable bonds is 3. The quantitative estimate of drug-likeness (QED) is 0.742. The summed E-state index contributed by atoms with van der Waals surface area (Å²) in [5.41, 5.74) is 6.50. The van der Waals surface area contributed by atoms with Gasteiger partial charge in [-0.3, -0.25) is 4.79 Å². The van der Waals surface area contributed by atoms with Gasteiger partial charge in [-0.25, -0.2) is 0 Å². The van der Waals surface area contributed by atoms with Crippen molar-refractivity contribution in [2.45, 2.75) is 12.8 Å².